The van der Waals surface area contributed by atoms with Crippen LogP contribution >= 0.6 is 0 Å². The minimum atomic E-state index is -0.813. The molecule has 2 aromatic rings. The highest BCUT2D eigenvalue weighted by Crippen LogP contribution is 2.26. The minimum Gasteiger partial charge on any atom is -0.480 e. The molecule has 1 fully saturated rings. The van der Waals surface area contributed by atoms with Gasteiger partial charge in [0.15, 0.2) is 0 Å². The molecule has 1 aliphatic rings. The largest absolute Gasteiger partial charge is 0.480 e. The molecule has 1 aliphatic heterocycles. The topological polar surface area (TPSA) is 74.0 Å². The Kier molecular flexibility index (Phi) is 5.85. The Hall–Kier alpha value is -2.34. The normalized spacial score (nSPS) is 18.1. The van der Waals surface area contributed by atoms with Crippen LogP contribution in [0.15, 0.2) is 22.8 Å². The van der Waals surface area contributed by atoms with E-state index in [4.69, 9.17) is 9.52 Å². The number of carbonyl (C=O) groups is 2. The Bertz CT molecular complexity index is 842. The van der Waals surface area contributed by atoms with Gasteiger partial charge in [-0.2, -0.15) is 0 Å². The molecular formula is C21H28N2O4. The fourth-order valence-corrected chi connectivity index (χ4v) is 3.86. The highest BCUT2D eigenvalue weighted by atomic mass is 16.4. The molecule has 146 valence electrons. The van der Waals surface area contributed by atoms with Gasteiger partial charge in [0.25, 0.3) is 0 Å². The van der Waals surface area contributed by atoms with Gasteiger partial charge in [-0.1, -0.05) is 0 Å². The van der Waals surface area contributed by atoms with E-state index in [0.29, 0.717) is 13.0 Å². The summed E-state index contributed by atoms with van der Waals surface area (Å²) >= 11 is 0. The van der Waals surface area contributed by atoms with Crippen molar-refractivity contribution in [3.05, 3.63) is 35.1 Å². The number of hydrogen-bond donors (Lipinski definition) is 1. The van der Waals surface area contributed by atoms with Crippen LogP contribution in [0, 0.1) is 13.8 Å². The lowest BCUT2D eigenvalue weighted by Gasteiger charge is -2.25. The van der Waals surface area contributed by atoms with Gasteiger partial charge < -0.3 is 14.4 Å². The SMILES string of the molecule is Cc1cc2occ(CC(=O)N3CCCC(N(C)CC(=O)O)CC3)c2cc1C. The number of amides is 1. The smallest absolute Gasteiger partial charge is 0.317 e. The van der Waals surface area contributed by atoms with Crippen LogP contribution in [-0.2, 0) is 16.0 Å². The quantitative estimate of drug-likeness (QED) is 0.873. The number of rotatable bonds is 5. The number of fused-ring (bicyclic) bond motifs is 1. The van der Waals surface area contributed by atoms with Gasteiger partial charge in [-0.3, -0.25) is 14.5 Å². The monoisotopic (exact) mass is 372 g/mol. The molecule has 1 aromatic heterocycles. The van der Waals surface area contributed by atoms with Gasteiger partial charge in [0.1, 0.15) is 5.58 Å². The number of carboxylic acids is 1. The molecule has 1 saturated heterocycles. The molecule has 2 heterocycles. The second-order valence-electron chi connectivity index (χ2n) is 7.64. The fraction of sp³-hybridized carbons (Fsp3) is 0.524. The first-order chi connectivity index (χ1) is 12.8. The van der Waals surface area contributed by atoms with Gasteiger partial charge >= 0.3 is 5.97 Å². The van der Waals surface area contributed by atoms with Crippen LogP contribution in [0.25, 0.3) is 11.0 Å². The number of carbonyl (C=O) groups excluding carboxylic acids is 1. The molecule has 1 amide bonds. The van der Waals surface area contributed by atoms with E-state index >= 15 is 0 Å². The molecule has 3 rings (SSSR count). The molecular weight excluding hydrogens is 344 g/mol. The third kappa shape index (κ3) is 4.50. The van der Waals surface area contributed by atoms with Gasteiger partial charge in [-0.15, -0.1) is 0 Å². The molecule has 0 saturated carbocycles. The molecule has 1 atom stereocenters. The Morgan fingerprint density at radius 3 is 2.70 bits per heavy atom. The molecule has 6 nitrogen and oxygen atoms in total. The predicted octanol–water partition coefficient (Wildman–Crippen LogP) is 2.99. The average Bonchev–Trinajstić information content (AvgIpc) is 2.83. The Morgan fingerprint density at radius 2 is 1.96 bits per heavy atom. The zero-order valence-corrected chi connectivity index (χ0v) is 16.3. The van der Waals surface area contributed by atoms with Gasteiger partial charge in [0.05, 0.1) is 19.2 Å². The maximum atomic E-state index is 12.8. The van der Waals surface area contributed by atoms with Crippen molar-refractivity contribution in [3.63, 3.8) is 0 Å². The van der Waals surface area contributed by atoms with Crippen LogP contribution < -0.4 is 0 Å². The molecule has 0 aliphatic carbocycles. The molecule has 27 heavy (non-hydrogen) atoms. The van der Waals surface area contributed by atoms with E-state index in [1.54, 1.807) is 6.26 Å². The average molecular weight is 372 g/mol. The summed E-state index contributed by atoms with van der Waals surface area (Å²) in [6, 6.07) is 4.32. The summed E-state index contributed by atoms with van der Waals surface area (Å²) in [6.45, 7) is 5.55. The summed E-state index contributed by atoms with van der Waals surface area (Å²) in [5.41, 5.74) is 4.13. The number of likely N-dealkylation sites (tertiary alicyclic amines) is 1. The van der Waals surface area contributed by atoms with E-state index in [-0.39, 0.29) is 18.5 Å². The number of furan rings is 1. The van der Waals surface area contributed by atoms with Gasteiger partial charge in [-0.05, 0) is 63.4 Å². The first kappa shape index (κ1) is 19.4. The van der Waals surface area contributed by atoms with Crippen LogP contribution in [0.5, 0.6) is 0 Å². The van der Waals surface area contributed by atoms with Crippen molar-refractivity contribution in [1.29, 1.82) is 0 Å². The van der Waals surface area contributed by atoms with E-state index < -0.39 is 5.97 Å². The number of likely N-dealkylation sites (N-methyl/N-ethyl adjacent to an activating group) is 1. The number of aryl methyl sites for hydroxylation is 2. The van der Waals surface area contributed by atoms with E-state index in [1.807, 2.05) is 22.9 Å². The van der Waals surface area contributed by atoms with Crippen molar-refractivity contribution in [2.24, 2.45) is 0 Å². The van der Waals surface area contributed by atoms with Crippen molar-refractivity contribution in [2.75, 3.05) is 26.7 Å². The highest BCUT2D eigenvalue weighted by Gasteiger charge is 2.24. The maximum Gasteiger partial charge on any atom is 0.317 e. The lowest BCUT2D eigenvalue weighted by atomic mass is 10.0. The van der Waals surface area contributed by atoms with E-state index in [1.165, 1.54) is 11.1 Å². The second-order valence-corrected chi connectivity index (χ2v) is 7.64. The van der Waals surface area contributed by atoms with Gasteiger partial charge in [-0.25, -0.2) is 0 Å². The highest BCUT2D eigenvalue weighted by molar-refractivity contribution is 5.88. The third-order valence-electron chi connectivity index (χ3n) is 5.67. The first-order valence-electron chi connectivity index (χ1n) is 9.52. The first-order valence-corrected chi connectivity index (χ1v) is 9.52. The standard InChI is InChI=1S/C21H28N2O4/c1-14-9-18-16(13-27-19(18)10-15(14)2)11-20(24)23-7-4-5-17(6-8-23)22(3)12-21(25)26/h9-10,13,17H,4-8,11-12H2,1-3H3,(H,25,26). The van der Waals surface area contributed by atoms with Crippen LogP contribution in [0.2, 0.25) is 0 Å². The second kappa shape index (κ2) is 8.13. The summed E-state index contributed by atoms with van der Waals surface area (Å²) in [6.07, 6.45) is 4.65. The molecule has 0 radical (unpaired) electrons. The van der Waals surface area contributed by atoms with Crippen LogP contribution in [0.3, 0.4) is 0 Å². The zero-order chi connectivity index (χ0) is 19.6. The summed E-state index contributed by atoms with van der Waals surface area (Å²) < 4.78 is 5.65. The zero-order valence-electron chi connectivity index (χ0n) is 16.3. The van der Waals surface area contributed by atoms with Crippen LogP contribution in [0.1, 0.15) is 36.0 Å². The van der Waals surface area contributed by atoms with Crippen molar-refractivity contribution in [2.45, 2.75) is 45.6 Å². The summed E-state index contributed by atoms with van der Waals surface area (Å²) in [7, 11) is 1.85. The molecule has 0 spiro atoms. The maximum absolute atomic E-state index is 12.8. The molecule has 1 unspecified atom stereocenters. The van der Waals surface area contributed by atoms with Crippen LogP contribution in [0.4, 0.5) is 0 Å². The number of hydrogen-bond acceptors (Lipinski definition) is 4. The lowest BCUT2D eigenvalue weighted by molar-refractivity contribution is -0.138. The fourth-order valence-electron chi connectivity index (χ4n) is 3.86. The van der Waals surface area contributed by atoms with Gasteiger partial charge in [0, 0.05) is 30.1 Å². The number of benzene rings is 1. The van der Waals surface area contributed by atoms with Crippen molar-refractivity contribution in [1.82, 2.24) is 9.80 Å². The Morgan fingerprint density at radius 1 is 1.22 bits per heavy atom. The summed E-state index contributed by atoms with van der Waals surface area (Å²) in [5, 5.41) is 9.99. The molecule has 1 N–H and O–H groups in total. The summed E-state index contributed by atoms with van der Waals surface area (Å²) in [4.78, 5) is 27.6. The Balaban J connectivity index is 1.65. The van der Waals surface area contributed by atoms with Crippen molar-refractivity contribution < 1.29 is 19.1 Å². The number of nitrogens with zero attached hydrogens (tertiary/aromatic N) is 2. The molecule has 6 heteroatoms. The van der Waals surface area contributed by atoms with Crippen molar-refractivity contribution >= 4 is 22.8 Å². The summed E-state index contributed by atoms with van der Waals surface area (Å²) in [5.74, 6) is -0.704. The molecule has 0 bridgehead atoms. The Labute approximate surface area is 159 Å². The third-order valence-corrected chi connectivity index (χ3v) is 5.67. The van der Waals surface area contributed by atoms with Crippen molar-refractivity contribution in [3.8, 4) is 0 Å². The van der Waals surface area contributed by atoms with Crippen LogP contribution in [-0.4, -0.2) is 59.5 Å². The lowest BCUT2D eigenvalue weighted by Crippen LogP contribution is -2.37. The number of aliphatic carboxylic acids is 1. The van der Waals surface area contributed by atoms with E-state index in [9.17, 15) is 9.59 Å². The molecule has 1 aromatic carbocycles. The number of carboxylic acid groups (broad SMARTS) is 1. The van der Waals surface area contributed by atoms with E-state index in [0.717, 1.165) is 42.3 Å². The van der Waals surface area contributed by atoms with Gasteiger partial charge in [0.2, 0.25) is 5.91 Å². The van der Waals surface area contributed by atoms with E-state index in [2.05, 4.69) is 19.9 Å². The predicted molar refractivity (Wildman–Crippen MR) is 104 cm³/mol. The minimum absolute atomic E-state index is 0.0401.